The number of rotatable bonds is 3. The van der Waals surface area contributed by atoms with Gasteiger partial charge in [0, 0.05) is 11.6 Å². The van der Waals surface area contributed by atoms with Gasteiger partial charge in [-0.25, -0.2) is 0 Å². The van der Waals surface area contributed by atoms with Crippen molar-refractivity contribution in [2.75, 3.05) is 6.61 Å². The van der Waals surface area contributed by atoms with Crippen LogP contribution in [0.2, 0.25) is 0 Å². The standard InChI is InChI=1S/C21H20O12/c22-5-11-14(26)17(29)19(31)21(33-11)12-9(25)4-10-13(15(12)27)16(28)18(30)20(32-10)6-1-2-7(23)8(24)3-6/h1-4,11,14,17,19,21-27,29-31H,5H2/t11-,14-,17+,19-,21+/m1/s1. The Balaban J connectivity index is 1.91. The number of phenolic OH excluding ortho intramolecular Hbond substituents is 4. The van der Waals surface area contributed by atoms with Crippen LogP contribution in [0.15, 0.2) is 33.5 Å². The van der Waals surface area contributed by atoms with Gasteiger partial charge in [-0.05, 0) is 18.2 Å². The Bertz CT molecular complexity index is 1280. The first-order valence-electron chi connectivity index (χ1n) is 9.64. The van der Waals surface area contributed by atoms with Gasteiger partial charge in [-0.15, -0.1) is 0 Å². The van der Waals surface area contributed by atoms with E-state index in [4.69, 9.17) is 9.15 Å². The summed E-state index contributed by atoms with van der Waals surface area (Å²) in [4.78, 5) is 12.9. The maximum atomic E-state index is 12.9. The zero-order valence-corrected chi connectivity index (χ0v) is 16.7. The van der Waals surface area contributed by atoms with Crippen LogP contribution in [0.25, 0.3) is 22.3 Å². The third-order valence-electron chi connectivity index (χ3n) is 5.57. The van der Waals surface area contributed by atoms with Gasteiger partial charge in [-0.1, -0.05) is 0 Å². The molecule has 1 saturated heterocycles. The summed E-state index contributed by atoms with van der Waals surface area (Å²) in [6, 6.07) is 4.24. The van der Waals surface area contributed by atoms with Crippen molar-refractivity contribution in [1.29, 1.82) is 0 Å². The number of hydrogen-bond donors (Lipinski definition) is 9. The van der Waals surface area contributed by atoms with E-state index < -0.39 is 88.0 Å². The van der Waals surface area contributed by atoms with Gasteiger partial charge in [0.2, 0.25) is 11.2 Å². The highest BCUT2D eigenvalue weighted by molar-refractivity contribution is 5.90. The molecule has 1 fully saturated rings. The van der Waals surface area contributed by atoms with Crippen molar-refractivity contribution in [1.82, 2.24) is 0 Å². The second-order valence-electron chi connectivity index (χ2n) is 7.59. The summed E-state index contributed by atoms with van der Waals surface area (Å²) in [5.41, 5.74) is -2.06. The number of hydrogen-bond acceptors (Lipinski definition) is 12. The lowest BCUT2D eigenvalue weighted by Crippen LogP contribution is -2.55. The Kier molecular flexibility index (Phi) is 5.56. The topological polar surface area (TPSA) is 222 Å². The van der Waals surface area contributed by atoms with E-state index in [1.807, 2.05) is 0 Å². The molecule has 3 aromatic rings. The van der Waals surface area contributed by atoms with E-state index in [2.05, 4.69) is 0 Å². The number of fused-ring (bicyclic) bond motifs is 1. The molecule has 5 atom stereocenters. The van der Waals surface area contributed by atoms with Crippen LogP contribution >= 0.6 is 0 Å². The largest absolute Gasteiger partial charge is 0.507 e. The zero-order valence-electron chi connectivity index (χ0n) is 16.7. The smallest absolute Gasteiger partial charge is 0.238 e. The molecule has 0 aliphatic carbocycles. The van der Waals surface area contributed by atoms with Crippen molar-refractivity contribution in [2.45, 2.75) is 30.5 Å². The van der Waals surface area contributed by atoms with Crippen molar-refractivity contribution < 1.29 is 55.1 Å². The predicted molar refractivity (Wildman–Crippen MR) is 109 cm³/mol. The summed E-state index contributed by atoms with van der Waals surface area (Å²) < 4.78 is 10.8. The molecule has 2 heterocycles. The Morgan fingerprint density at radius 3 is 2.15 bits per heavy atom. The van der Waals surface area contributed by atoms with E-state index in [0.717, 1.165) is 18.2 Å². The van der Waals surface area contributed by atoms with Gasteiger partial charge < -0.3 is 55.1 Å². The maximum absolute atomic E-state index is 12.9. The molecule has 4 rings (SSSR count). The SMILES string of the molecule is O=c1c(O)c(-c2ccc(O)c(O)c2)oc2cc(O)c([C@@H]3O[C@H](CO)[C@@H](O)[C@H](O)[C@H]3O)c(O)c12. The van der Waals surface area contributed by atoms with Gasteiger partial charge in [0.15, 0.2) is 17.3 Å². The van der Waals surface area contributed by atoms with Gasteiger partial charge in [0.1, 0.15) is 53.0 Å². The number of aliphatic hydroxyl groups excluding tert-OH is 4. The average Bonchev–Trinajstić information content (AvgIpc) is 2.77. The molecule has 0 amide bonds. The molecule has 0 spiro atoms. The monoisotopic (exact) mass is 464 g/mol. The third-order valence-corrected chi connectivity index (χ3v) is 5.57. The van der Waals surface area contributed by atoms with E-state index >= 15 is 0 Å². The van der Waals surface area contributed by atoms with Crippen molar-refractivity contribution >= 4 is 11.0 Å². The van der Waals surface area contributed by atoms with Crippen LogP contribution in [0.1, 0.15) is 11.7 Å². The summed E-state index contributed by atoms with van der Waals surface area (Å²) >= 11 is 0. The van der Waals surface area contributed by atoms with E-state index in [-0.39, 0.29) is 11.1 Å². The summed E-state index contributed by atoms with van der Waals surface area (Å²) in [6.45, 7) is -0.762. The van der Waals surface area contributed by atoms with Gasteiger partial charge >= 0.3 is 0 Å². The highest BCUT2D eigenvalue weighted by atomic mass is 16.5. The number of aliphatic hydroxyl groups is 4. The van der Waals surface area contributed by atoms with Gasteiger partial charge in [-0.2, -0.15) is 0 Å². The Morgan fingerprint density at radius 2 is 1.52 bits per heavy atom. The van der Waals surface area contributed by atoms with Crippen LogP contribution in [0.4, 0.5) is 0 Å². The Morgan fingerprint density at radius 1 is 0.818 bits per heavy atom. The van der Waals surface area contributed by atoms with Crippen LogP contribution < -0.4 is 5.43 Å². The first-order chi connectivity index (χ1) is 15.6. The molecule has 0 saturated carbocycles. The van der Waals surface area contributed by atoms with Gasteiger partial charge in [0.05, 0.1) is 12.2 Å². The van der Waals surface area contributed by atoms with Crippen molar-refractivity contribution in [2.24, 2.45) is 0 Å². The lowest BCUT2D eigenvalue weighted by molar-refractivity contribution is -0.232. The molecule has 176 valence electrons. The van der Waals surface area contributed by atoms with Crippen LogP contribution in [-0.2, 0) is 4.74 Å². The molecule has 0 radical (unpaired) electrons. The molecule has 1 aliphatic heterocycles. The molecule has 0 bridgehead atoms. The maximum Gasteiger partial charge on any atom is 0.238 e. The third kappa shape index (κ3) is 3.50. The fraction of sp³-hybridized carbons (Fsp3) is 0.286. The summed E-state index contributed by atoms with van der Waals surface area (Å²) in [5, 5.41) is 89.9. The first kappa shape index (κ1) is 22.6. The van der Waals surface area contributed by atoms with Crippen LogP contribution in [-0.4, -0.2) is 77.0 Å². The second kappa shape index (κ2) is 8.10. The molecule has 0 unspecified atom stereocenters. The molecular formula is C21H20O12. The van der Waals surface area contributed by atoms with Gasteiger partial charge in [-0.3, -0.25) is 4.79 Å². The van der Waals surface area contributed by atoms with Crippen LogP contribution in [0, 0.1) is 0 Å². The fourth-order valence-corrected chi connectivity index (χ4v) is 3.81. The summed E-state index contributed by atoms with van der Waals surface area (Å²) in [7, 11) is 0. The van der Waals surface area contributed by atoms with Crippen molar-refractivity contribution in [3.05, 3.63) is 40.1 Å². The molecular weight excluding hydrogens is 444 g/mol. The molecule has 12 heteroatoms. The molecule has 1 aliphatic rings. The minimum Gasteiger partial charge on any atom is -0.507 e. The normalized spacial score (nSPS) is 25.4. The van der Waals surface area contributed by atoms with E-state index in [1.165, 1.54) is 6.07 Å². The average molecular weight is 464 g/mol. The molecule has 9 N–H and O–H groups in total. The highest BCUT2D eigenvalue weighted by Crippen LogP contribution is 2.45. The zero-order chi connectivity index (χ0) is 24.2. The van der Waals surface area contributed by atoms with Crippen LogP contribution in [0.5, 0.6) is 28.7 Å². The summed E-state index contributed by atoms with van der Waals surface area (Å²) in [5.74, 6) is -4.06. The number of phenols is 4. The van der Waals surface area contributed by atoms with Crippen molar-refractivity contribution in [3.63, 3.8) is 0 Å². The highest BCUT2D eigenvalue weighted by Gasteiger charge is 2.46. The van der Waals surface area contributed by atoms with E-state index in [0.29, 0.717) is 0 Å². The molecule has 1 aromatic heterocycles. The minimum atomic E-state index is -1.86. The predicted octanol–water partition coefficient (Wildman–Crippen LogP) is -0.497. The van der Waals surface area contributed by atoms with E-state index in [9.17, 15) is 50.8 Å². The number of ether oxygens (including phenoxy) is 1. The molecule has 12 nitrogen and oxygen atoms in total. The summed E-state index contributed by atoms with van der Waals surface area (Å²) in [6.07, 6.45) is -8.39. The number of benzene rings is 2. The number of aromatic hydroxyl groups is 5. The van der Waals surface area contributed by atoms with Crippen LogP contribution in [0.3, 0.4) is 0 Å². The fourth-order valence-electron chi connectivity index (χ4n) is 3.81. The minimum absolute atomic E-state index is 0.00112. The van der Waals surface area contributed by atoms with Gasteiger partial charge in [0.25, 0.3) is 0 Å². The quantitative estimate of drug-likeness (QED) is 0.224. The van der Waals surface area contributed by atoms with Crippen molar-refractivity contribution in [3.8, 4) is 40.1 Å². The Hall–Kier alpha value is -3.55. The second-order valence-corrected chi connectivity index (χ2v) is 7.59. The Labute approximate surface area is 184 Å². The first-order valence-corrected chi connectivity index (χ1v) is 9.64. The van der Waals surface area contributed by atoms with E-state index in [1.54, 1.807) is 0 Å². The lowest BCUT2D eigenvalue weighted by Gasteiger charge is -2.40. The molecule has 33 heavy (non-hydrogen) atoms. The molecule has 2 aromatic carbocycles. The lowest BCUT2D eigenvalue weighted by atomic mass is 9.89.